The fraction of sp³-hybridized carbons (Fsp3) is 0.190. The Morgan fingerprint density at radius 3 is 2.08 bits per heavy atom. The quantitative estimate of drug-likeness (QED) is 0.648. The second-order valence-electron chi connectivity index (χ2n) is 5.72. The van der Waals surface area contributed by atoms with Crippen LogP contribution in [0.15, 0.2) is 48.5 Å². The summed E-state index contributed by atoms with van der Waals surface area (Å²) in [7, 11) is 4.61. The van der Waals surface area contributed by atoms with Crippen molar-refractivity contribution in [2.24, 2.45) is 0 Å². The molecule has 0 radical (unpaired) electrons. The molecule has 0 aliphatic carbocycles. The first kappa shape index (κ1) is 16.8. The maximum absolute atomic E-state index is 13.3. The SMILES string of the molecule is COc1cc(C(=O)c2c(C)ccc3ccccc23)cc(OC)c1OC. The summed E-state index contributed by atoms with van der Waals surface area (Å²) in [6.45, 7) is 1.94. The summed E-state index contributed by atoms with van der Waals surface area (Å²) in [5.41, 5.74) is 2.11. The summed E-state index contributed by atoms with van der Waals surface area (Å²) >= 11 is 0. The lowest BCUT2D eigenvalue weighted by molar-refractivity contribution is 0.103. The van der Waals surface area contributed by atoms with Crippen molar-refractivity contribution in [2.45, 2.75) is 6.92 Å². The Hall–Kier alpha value is -3.01. The molecule has 0 unspecified atom stereocenters. The van der Waals surface area contributed by atoms with E-state index in [1.165, 1.54) is 21.3 Å². The maximum Gasteiger partial charge on any atom is 0.203 e. The van der Waals surface area contributed by atoms with Crippen LogP contribution in [0.5, 0.6) is 17.2 Å². The molecule has 0 N–H and O–H groups in total. The molecule has 0 aliphatic heterocycles. The van der Waals surface area contributed by atoms with Crippen molar-refractivity contribution in [1.29, 1.82) is 0 Å². The Balaban J connectivity index is 2.21. The Kier molecular flexibility index (Phi) is 4.61. The lowest BCUT2D eigenvalue weighted by Gasteiger charge is -2.15. The van der Waals surface area contributed by atoms with Gasteiger partial charge in [0.25, 0.3) is 0 Å². The number of hydrogen-bond donors (Lipinski definition) is 0. The Bertz CT molecular complexity index is 919. The van der Waals surface area contributed by atoms with Crippen LogP contribution in [0.4, 0.5) is 0 Å². The van der Waals surface area contributed by atoms with Crippen LogP contribution in [-0.4, -0.2) is 27.1 Å². The van der Waals surface area contributed by atoms with Crippen LogP contribution < -0.4 is 14.2 Å². The van der Waals surface area contributed by atoms with Gasteiger partial charge < -0.3 is 14.2 Å². The van der Waals surface area contributed by atoms with E-state index in [9.17, 15) is 4.79 Å². The molecule has 0 fully saturated rings. The number of ketones is 1. The van der Waals surface area contributed by atoms with Crippen molar-refractivity contribution in [1.82, 2.24) is 0 Å². The molecule has 4 heteroatoms. The Morgan fingerprint density at radius 2 is 1.48 bits per heavy atom. The predicted molar refractivity (Wildman–Crippen MR) is 98.2 cm³/mol. The summed E-state index contributed by atoms with van der Waals surface area (Å²) in [4.78, 5) is 13.3. The number of methoxy groups -OCH3 is 3. The second-order valence-corrected chi connectivity index (χ2v) is 5.72. The van der Waals surface area contributed by atoms with E-state index in [2.05, 4.69) is 0 Å². The summed E-state index contributed by atoms with van der Waals surface area (Å²) in [5.74, 6) is 1.32. The highest BCUT2D eigenvalue weighted by atomic mass is 16.5. The number of aryl methyl sites for hydroxylation is 1. The van der Waals surface area contributed by atoms with E-state index in [1.54, 1.807) is 12.1 Å². The molecule has 3 rings (SSSR count). The number of rotatable bonds is 5. The molecular formula is C21H20O4. The highest BCUT2D eigenvalue weighted by Gasteiger charge is 2.20. The molecule has 0 spiro atoms. The van der Waals surface area contributed by atoms with Crippen molar-refractivity contribution in [3.63, 3.8) is 0 Å². The number of fused-ring (bicyclic) bond motifs is 1. The number of hydrogen-bond acceptors (Lipinski definition) is 4. The van der Waals surface area contributed by atoms with Crippen LogP contribution in [0.3, 0.4) is 0 Å². The lowest BCUT2D eigenvalue weighted by Crippen LogP contribution is -2.06. The molecule has 0 aliphatic rings. The summed E-state index contributed by atoms with van der Waals surface area (Å²) in [6, 6.07) is 15.2. The first-order chi connectivity index (χ1) is 12.1. The van der Waals surface area contributed by atoms with E-state index in [-0.39, 0.29) is 5.78 Å². The van der Waals surface area contributed by atoms with E-state index >= 15 is 0 Å². The molecule has 0 saturated heterocycles. The van der Waals surface area contributed by atoms with Gasteiger partial charge in [-0.2, -0.15) is 0 Å². The van der Waals surface area contributed by atoms with E-state index < -0.39 is 0 Å². The van der Waals surface area contributed by atoms with Crippen LogP contribution in [0.2, 0.25) is 0 Å². The standard InChI is InChI=1S/C21H20O4/c1-13-9-10-14-7-5-6-8-16(14)19(13)20(22)15-11-17(23-2)21(25-4)18(12-15)24-3/h5-12H,1-4H3. The van der Waals surface area contributed by atoms with Crippen molar-refractivity contribution in [3.05, 3.63) is 65.2 Å². The third-order valence-corrected chi connectivity index (χ3v) is 4.29. The number of ether oxygens (including phenoxy) is 3. The van der Waals surface area contributed by atoms with Gasteiger partial charge in [-0.05, 0) is 35.4 Å². The van der Waals surface area contributed by atoms with E-state index in [0.29, 0.717) is 28.4 Å². The zero-order valence-corrected chi connectivity index (χ0v) is 14.8. The zero-order valence-electron chi connectivity index (χ0n) is 14.8. The first-order valence-electron chi connectivity index (χ1n) is 7.93. The number of benzene rings is 3. The molecule has 25 heavy (non-hydrogen) atoms. The van der Waals surface area contributed by atoms with Crippen LogP contribution >= 0.6 is 0 Å². The largest absolute Gasteiger partial charge is 0.493 e. The Labute approximate surface area is 146 Å². The fourth-order valence-electron chi connectivity index (χ4n) is 3.04. The van der Waals surface area contributed by atoms with E-state index in [0.717, 1.165) is 16.3 Å². The summed E-state index contributed by atoms with van der Waals surface area (Å²) in [6.07, 6.45) is 0. The van der Waals surface area contributed by atoms with E-state index in [4.69, 9.17) is 14.2 Å². The zero-order chi connectivity index (χ0) is 18.0. The van der Waals surface area contributed by atoms with Gasteiger partial charge >= 0.3 is 0 Å². The van der Waals surface area contributed by atoms with Gasteiger partial charge in [-0.3, -0.25) is 4.79 Å². The van der Waals surface area contributed by atoms with Crippen LogP contribution in [0, 0.1) is 6.92 Å². The second kappa shape index (κ2) is 6.85. The van der Waals surface area contributed by atoms with Gasteiger partial charge in [-0.1, -0.05) is 36.4 Å². The van der Waals surface area contributed by atoms with Crippen molar-refractivity contribution in [2.75, 3.05) is 21.3 Å². The smallest absolute Gasteiger partial charge is 0.203 e. The van der Waals surface area contributed by atoms with Gasteiger partial charge in [0.05, 0.1) is 21.3 Å². The molecular weight excluding hydrogens is 316 g/mol. The molecule has 3 aromatic carbocycles. The molecule has 0 amide bonds. The molecule has 128 valence electrons. The normalized spacial score (nSPS) is 10.6. The number of carbonyl (C=O) groups excluding carboxylic acids is 1. The predicted octanol–water partition coefficient (Wildman–Crippen LogP) is 4.41. The van der Waals surface area contributed by atoms with Crippen LogP contribution in [0.1, 0.15) is 21.5 Å². The third kappa shape index (κ3) is 2.91. The van der Waals surface area contributed by atoms with Gasteiger partial charge in [0.1, 0.15) is 0 Å². The fourth-order valence-corrected chi connectivity index (χ4v) is 3.04. The number of carbonyl (C=O) groups is 1. The first-order valence-corrected chi connectivity index (χ1v) is 7.93. The van der Waals surface area contributed by atoms with Gasteiger partial charge in [-0.15, -0.1) is 0 Å². The van der Waals surface area contributed by atoms with Gasteiger partial charge in [-0.25, -0.2) is 0 Å². The highest BCUT2D eigenvalue weighted by Crippen LogP contribution is 2.39. The van der Waals surface area contributed by atoms with Gasteiger partial charge in [0.2, 0.25) is 5.75 Å². The molecule has 3 aromatic rings. The minimum atomic E-state index is -0.0754. The molecule has 0 aromatic heterocycles. The molecule has 0 heterocycles. The third-order valence-electron chi connectivity index (χ3n) is 4.29. The van der Waals surface area contributed by atoms with Gasteiger partial charge in [0.15, 0.2) is 17.3 Å². The average Bonchev–Trinajstić information content (AvgIpc) is 2.66. The maximum atomic E-state index is 13.3. The average molecular weight is 336 g/mol. The van der Waals surface area contributed by atoms with Crippen molar-refractivity contribution >= 4 is 16.6 Å². The van der Waals surface area contributed by atoms with Gasteiger partial charge in [0, 0.05) is 11.1 Å². The van der Waals surface area contributed by atoms with Crippen molar-refractivity contribution < 1.29 is 19.0 Å². The molecule has 0 saturated carbocycles. The lowest BCUT2D eigenvalue weighted by atomic mass is 9.93. The van der Waals surface area contributed by atoms with E-state index in [1.807, 2.05) is 43.3 Å². The van der Waals surface area contributed by atoms with Crippen LogP contribution in [-0.2, 0) is 0 Å². The van der Waals surface area contributed by atoms with Crippen LogP contribution in [0.25, 0.3) is 10.8 Å². The minimum absolute atomic E-state index is 0.0754. The van der Waals surface area contributed by atoms with Crippen molar-refractivity contribution in [3.8, 4) is 17.2 Å². The minimum Gasteiger partial charge on any atom is -0.493 e. The molecule has 4 nitrogen and oxygen atoms in total. The summed E-state index contributed by atoms with van der Waals surface area (Å²) < 4.78 is 16.1. The molecule has 0 bridgehead atoms. The molecule has 0 atom stereocenters. The topological polar surface area (TPSA) is 44.8 Å². The highest BCUT2D eigenvalue weighted by molar-refractivity contribution is 6.17. The summed E-state index contributed by atoms with van der Waals surface area (Å²) in [5, 5.41) is 1.96. The monoisotopic (exact) mass is 336 g/mol. The Morgan fingerprint density at radius 1 is 0.840 bits per heavy atom.